The molecular weight excluding hydrogens is 262 g/mol. The van der Waals surface area contributed by atoms with Gasteiger partial charge in [0.2, 0.25) is 0 Å². The second kappa shape index (κ2) is 7.19. The van der Waals surface area contributed by atoms with E-state index in [0.29, 0.717) is 13.0 Å². The number of nitrogens with zero attached hydrogens (tertiary/aromatic N) is 1. The Balaban J connectivity index is 1.91. The van der Waals surface area contributed by atoms with Crippen molar-refractivity contribution in [1.29, 1.82) is 0 Å². The number of carbonyl (C=O) groups excluding carboxylic acids is 1. The lowest BCUT2D eigenvalue weighted by Gasteiger charge is -2.35. The summed E-state index contributed by atoms with van der Waals surface area (Å²) in [6.07, 6.45) is 4.50. The first kappa shape index (κ1) is 16.2. The zero-order chi connectivity index (χ0) is 15.4. The standard InChI is InChI=1S/C18H27NO2/c1-13-10-14(2)12-15(11-13)17(20)8-9-19(3)16-6-4-5-7-18(16)21/h10-12,16,18,21H,4-9H2,1-3H3. The summed E-state index contributed by atoms with van der Waals surface area (Å²) in [6, 6.07) is 6.22. The van der Waals surface area contributed by atoms with Crippen LogP contribution in [0, 0.1) is 13.8 Å². The Hall–Kier alpha value is -1.19. The van der Waals surface area contributed by atoms with Crippen LogP contribution in [0.2, 0.25) is 0 Å². The number of aryl methyl sites for hydroxylation is 2. The van der Waals surface area contributed by atoms with Crippen molar-refractivity contribution in [3.63, 3.8) is 0 Å². The van der Waals surface area contributed by atoms with Gasteiger partial charge in [0.25, 0.3) is 0 Å². The lowest BCUT2D eigenvalue weighted by Crippen LogP contribution is -2.44. The molecule has 0 saturated heterocycles. The molecule has 0 amide bonds. The van der Waals surface area contributed by atoms with Gasteiger partial charge >= 0.3 is 0 Å². The predicted octanol–water partition coefficient (Wildman–Crippen LogP) is 3.11. The van der Waals surface area contributed by atoms with Gasteiger partial charge in [-0.15, -0.1) is 0 Å². The first-order chi connectivity index (χ1) is 9.97. The van der Waals surface area contributed by atoms with Crippen LogP contribution in [0.3, 0.4) is 0 Å². The number of hydrogen-bond donors (Lipinski definition) is 1. The van der Waals surface area contributed by atoms with Gasteiger partial charge in [-0.2, -0.15) is 0 Å². The minimum Gasteiger partial charge on any atom is -0.391 e. The van der Waals surface area contributed by atoms with Gasteiger partial charge in [-0.25, -0.2) is 0 Å². The van der Waals surface area contributed by atoms with Crippen LogP contribution in [-0.4, -0.2) is 41.5 Å². The van der Waals surface area contributed by atoms with Crippen molar-refractivity contribution in [3.8, 4) is 0 Å². The zero-order valence-electron chi connectivity index (χ0n) is 13.4. The van der Waals surface area contributed by atoms with E-state index in [0.717, 1.165) is 36.0 Å². The van der Waals surface area contributed by atoms with Crippen molar-refractivity contribution < 1.29 is 9.90 Å². The molecule has 1 saturated carbocycles. The number of hydrogen-bond acceptors (Lipinski definition) is 3. The van der Waals surface area contributed by atoms with Crippen LogP contribution >= 0.6 is 0 Å². The maximum absolute atomic E-state index is 12.3. The summed E-state index contributed by atoms with van der Waals surface area (Å²) < 4.78 is 0. The van der Waals surface area contributed by atoms with Gasteiger partial charge in [-0.05, 0) is 45.9 Å². The Bertz CT molecular complexity index is 478. The fourth-order valence-corrected chi connectivity index (χ4v) is 3.33. The third-order valence-electron chi connectivity index (χ3n) is 4.50. The third-order valence-corrected chi connectivity index (χ3v) is 4.50. The van der Waals surface area contributed by atoms with E-state index in [1.54, 1.807) is 0 Å². The van der Waals surface area contributed by atoms with Crippen LogP contribution in [0.15, 0.2) is 18.2 Å². The summed E-state index contributed by atoms with van der Waals surface area (Å²) in [5.74, 6) is 0.193. The van der Waals surface area contributed by atoms with Gasteiger partial charge in [-0.3, -0.25) is 4.79 Å². The number of likely N-dealkylation sites (N-methyl/N-ethyl adjacent to an activating group) is 1. The first-order valence-electron chi connectivity index (χ1n) is 7.97. The van der Waals surface area contributed by atoms with E-state index >= 15 is 0 Å². The number of aliphatic hydroxyl groups is 1. The summed E-state index contributed by atoms with van der Waals surface area (Å²) >= 11 is 0. The molecule has 3 nitrogen and oxygen atoms in total. The van der Waals surface area contributed by atoms with Crippen molar-refractivity contribution in [2.24, 2.45) is 0 Å². The van der Waals surface area contributed by atoms with Gasteiger partial charge in [0.15, 0.2) is 5.78 Å². The highest BCUT2D eigenvalue weighted by Gasteiger charge is 2.26. The minimum atomic E-state index is -0.236. The average molecular weight is 289 g/mol. The Kier molecular flexibility index (Phi) is 5.54. The van der Waals surface area contributed by atoms with Crippen LogP contribution in [-0.2, 0) is 0 Å². The second-order valence-electron chi connectivity index (χ2n) is 6.45. The lowest BCUT2D eigenvalue weighted by atomic mass is 9.91. The molecule has 0 aromatic heterocycles. The van der Waals surface area contributed by atoms with Crippen LogP contribution in [0.25, 0.3) is 0 Å². The summed E-state index contributed by atoms with van der Waals surface area (Å²) in [5.41, 5.74) is 3.08. The molecule has 1 aliphatic carbocycles. The Morgan fingerprint density at radius 1 is 1.19 bits per heavy atom. The average Bonchev–Trinajstić information content (AvgIpc) is 2.43. The molecule has 1 fully saturated rings. The molecule has 21 heavy (non-hydrogen) atoms. The molecule has 0 radical (unpaired) electrons. The molecule has 116 valence electrons. The highest BCUT2D eigenvalue weighted by Crippen LogP contribution is 2.22. The summed E-state index contributed by atoms with van der Waals surface area (Å²) in [5, 5.41) is 10.1. The Labute approximate surface area is 128 Å². The largest absolute Gasteiger partial charge is 0.391 e. The van der Waals surface area contributed by atoms with Gasteiger partial charge in [0.1, 0.15) is 0 Å². The fraction of sp³-hybridized carbons (Fsp3) is 0.611. The quantitative estimate of drug-likeness (QED) is 0.847. The van der Waals surface area contributed by atoms with E-state index in [1.165, 1.54) is 6.42 Å². The van der Waals surface area contributed by atoms with Crippen molar-refractivity contribution in [2.75, 3.05) is 13.6 Å². The predicted molar refractivity (Wildman–Crippen MR) is 85.8 cm³/mol. The van der Waals surface area contributed by atoms with Crippen molar-refractivity contribution >= 4 is 5.78 Å². The van der Waals surface area contributed by atoms with Crippen molar-refractivity contribution in [1.82, 2.24) is 4.90 Å². The summed E-state index contributed by atoms with van der Waals surface area (Å²) in [7, 11) is 2.02. The number of Topliss-reactive ketones (excluding diaryl/α,β-unsaturated/α-hetero) is 1. The Morgan fingerprint density at radius 2 is 1.81 bits per heavy atom. The number of aliphatic hydroxyl groups excluding tert-OH is 1. The van der Waals surface area contributed by atoms with E-state index in [1.807, 2.05) is 33.0 Å². The van der Waals surface area contributed by atoms with Crippen LogP contribution < -0.4 is 0 Å². The maximum Gasteiger partial charge on any atom is 0.164 e. The van der Waals surface area contributed by atoms with Gasteiger partial charge in [-0.1, -0.05) is 30.0 Å². The van der Waals surface area contributed by atoms with Crippen LogP contribution in [0.5, 0.6) is 0 Å². The molecule has 0 heterocycles. The van der Waals surface area contributed by atoms with Gasteiger partial charge < -0.3 is 10.0 Å². The molecule has 0 aliphatic heterocycles. The summed E-state index contributed by atoms with van der Waals surface area (Å²) in [4.78, 5) is 14.5. The third kappa shape index (κ3) is 4.39. The van der Waals surface area contributed by atoms with E-state index < -0.39 is 0 Å². The summed E-state index contributed by atoms with van der Waals surface area (Å²) in [6.45, 7) is 4.76. The molecule has 2 atom stereocenters. The highest BCUT2D eigenvalue weighted by molar-refractivity contribution is 5.96. The van der Waals surface area contributed by atoms with Crippen LogP contribution in [0.1, 0.15) is 53.6 Å². The highest BCUT2D eigenvalue weighted by atomic mass is 16.3. The lowest BCUT2D eigenvalue weighted by molar-refractivity contribution is 0.0315. The number of rotatable bonds is 5. The molecule has 1 N–H and O–H groups in total. The first-order valence-corrected chi connectivity index (χ1v) is 7.97. The monoisotopic (exact) mass is 289 g/mol. The molecule has 2 rings (SSSR count). The van der Waals surface area contributed by atoms with Crippen molar-refractivity contribution in [2.45, 2.75) is 58.1 Å². The molecular formula is C18H27NO2. The minimum absolute atomic E-state index is 0.193. The van der Waals surface area contributed by atoms with E-state index in [4.69, 9.17) is 0 Å². The molecule has 1 aliphatic rings. The normalized spacial score (nSPS) is 22.5. The zero-order valence-corrected chi connectivity index (χ0v) is 13.4. The van der Waals surface area contributed by atoms with E-state index in [9.17, 15) is 9.90 Å². The van der Waals surface area contributed by atoms with Gasteiger partial charge in [0, 0.05) is 24.6 Å². The van der Waals surface area contributed by atoms with Crippen molar-refractivity contribution in [3.05, 3.63) is 34.9 Å². The van der Waals surface area contributed by atoms with Gasteiger partial charge in [0.05, 0.1) is 6.10 Å². The number of ketones is 1. The van der Waals surface area contributed by atoms with E-state index in [2.05, 4.69) is 11.0 Å². The number of benzene rings is 1. The molecule has 1 aromatic carbocycles. The number of carbonyl (C=O) groups is 1. The van der Waals surface area contributed by atoms with E-state index in [-0.39, 0.29) is 17.9 Å². The fourth-order valence-electron chi connectivity index (χ4n) is 3.33. The second-order valence-corrected chi connectivity index (χ2v) is 6.45. The van der Waals surface area contributed by atoms with Crippen LogP contribution in [0.4, 0.5) is 0 Å². The smallest absolute Gasteiger partial charge is 0.164 e. The molecule has 2 unspecified atom stereocenters. The maximum atomic E-state index is 12.3. The molecule has 0 bridgehead atoms. The molecule has 3 heteroatoms. The topological polar surface area (TPSA) is 40.5 Å². The molecule has 0 spiro atoms. The Morgan fingerprint density at radius 3 is 2.43 bits per heavy atom. The molecule has 1 aromatic rings. The SMILES string of the molecule is Cc1cc(C)cc(C(=O)CCN(C)C2CCCCC2O)c1.